The van der Waals surface area contributed by atoms with Crippen LogP contribution in [0.15, 0.2) is 24.3 Å². The molecule has 0 bridgehead atoms. The summed E-state index contributed by atoms with van der Waals surface area (Å²) < 4.78 is 5.75. The van der Waals surface area contributed by atoms with Gasteiger partial charge in [-0.15, -0.1) is 0 Å². The van der Waals surface area contributed by atoms with Crippen LogP contribution >= 0.6 is 0 Å². The maximum absolute atomic E-state index is 10.7. The maximum Gasteiger partial charge on any atom is 0.126 e. The highest BCUT2D eigenvalue weighted by Gasteiger charge is 2.17. The van der Waals surface area contributed by atoms with Crippen molar-refractivity contribution in [3.05, 3.63) is 57.6 Å². The Bertz CT molecular complexity index is 816. The number of phenolic OH excluding ortho intramolecular Hbond substituents is 2. The maximum atomic E-state index is 10.7. The summed E-state index contributed by atoms with van der Waals surface area (Å²) in [6.07, 6.45) is 5.52. The monoisotopic (exact) mass is 416 g/mol. The fourth-order valence-electron chi connectivity index (χ4n) is 3.75. The van der Waals surface area contributed by atoms with Crippen LogP contribution in [0.1, 0.15) is 84.9 Å². The molecule has 5 nitrogen and oxygen atoms in total. The number of unbranched alkanes of at least 4 members (excludes halogenated alkanes) is 4. The number of phenols is 2. The van der Waals surface area contributed by atoms with Crippen molar-refractivity contribution in [1.29, 1.82) is 0 Å². The minimum atomic E-state index is -0.696. The quantitative estimate of drug-likeness (QED) is 0.352. The van der Waals surface area contributed by atoms with Crippen LogP contribution < -0.4 is 0 Å². The lowest BCUT2D eigenvalue weighted by molar-refractivity contribution is 0.103. The highest BCUT2D eigenvalue weighted by atomic mass is 16.5. The van der Waals surface area contributed by atoms with E-state index < -0.39 is 6.10 Å². The SMILES string of the molecule is CCCCCCC[C@@H](O)c1cc(C)cc(COCc2cc(CO)cc(C)c2O)c1O. The summed E-state index contributed by atoms with van der Waals surface area (Å²) in [5.74, 6) is 0.228. The Morgan fingerprint density at radius 2 is 1.53 bits per heavy atom. The molecule has 0 radical (unpaired) electrons. The van der Waals surface area contributed by atoms with Crippen molar-refractivity contribution in [2.45, 2.75) is 85.2 Å². The van der Waals surface area contributed by atoms with Gasteiger partial charge in [-0.2, -0.15) is 0 Å². The van der Waals surface area contributed by atoms with Crippen LogP contribution in [-0.4, -0.2) is 20.4 Å². The topological polar surface area (TPSA) is 90.2 Å². The van der Waals surface area contributed by atoms with Crippen LogP contribution in [0.3, 0.4) is 0 Å². The van der Waals surface area contributed by atoms with Crippen molar-refractivity contribution in [1.82, 2.24) is 0 Å². The Balaban J connectivity index is 2.02. The van der Waals surface area contributed by atoms with E-state index in [1.807, 2.05) is 19.1 Å². The summed E-state index contributed by atoms with van der Waals surface area (Å²) in [5.41, 5.74) is 4.11. The Morgan fingerprint density at radius 1 is 0.867 bits per heavy atom. The Hall–Kier alpha value is -2.08. The van der Waals surface area contributed by atoms with Crippen LogP contribution in [-0.2, 0) is 24.6 Å². The molecule has 0 spiro atoms. The summed E-state index contributed by atoms with van der Waals surface area (Å²) >= 11 is 0. The summed E-state index contributed by atoms with van der Waals surface area (Å²) in [5, 5.41) is 40.8. The van der Waals surface area contributed by atoms with Gasteiger partial charge in [-0.05, 0) is 43.5 Å². The summed E-state index contributed by atoms with van der Waals surface area (Å²) in [7, 11) is 0. The second-order valence-electron chi connectivity index (χ2n) is 8.15. The normalized spacial score (nSPS) is 12.3. The van der Waals surface area contributed by atoms with Crippen molar-refractivity contribution in [3.8, 4) is 11.5 Å². The first-order valence-electron chi connectivity index (χ1n) is 10.9. The number of benzene rings is 2. The van der Waals surface area contributed by atoms with Gasteiger partial charge >= 0.3 is 0 Å². The molecule has 1 atom stereocenters. The number of aryl methyl sites for hydroxylation is 2. The molecule has 166 valence electrons. The first kappa shape index (κ1) is 24.2. The third kappa shape index (κ3) is 6.73. The third-order valence-corrected chi connectivity index (χ3v) is 5.44. The number of hydrogen-bond donors (Lipinski definition) is 4. The standard InChI is InChI=1S/C25H36O5/c1-4-5-6-7-8-9-23(27)22-11-17(2)10-20(25(22)29)15-30-16-21-13-19(14-26)12-18(3)24(21)28/h10-13,23,26-29H,4-9,14-16H2,1-3H3/t23-/m1/s1. The lowest BCUT2D eigenvalue weighted by atomic mass is 9.97. The largest absolute Gasteiger partial charge is 0.507 e. The van der Waals surface area contributed by atoms with Gasteiger partial charge in [0.15, 0.2) is 0 Å². The molecule has 0 saturated carbocycles. The smallest absolute Gasteiger partial charge is 0.126 e. The Labute approximate surface area is 180 Å². The molecule has 2 aromatic carbocycles. The molecule has 0 fully saturated rings. The fraction of sp³-hybridized carbons (Fsp3) is 0.520. The highest BCUT2D eigenvalue weighted by molar-refractivity contribution is 5.45. The van der Waals surface area contributed by atoms with Gasteiger partial charge in [-0.1, -0.05) is 56.7 Å². The molecule has 2 aromatic rings. The average Bonchev–Trinajstić information content (AvgIpc) is 2.72. The van der Waals surface area contributed by atoms with Crippen molar-refractivity contribution in [2.24, 2.45) is 0 Å². The molecule has 0 aliphatic heterocycles. The van der Waals surface area contributed by atoms with E-state index in [-0.39, 0.29) is 31.3 Å². The lowest BCUT2D eigenvalue weighted by Crippen LogP contribution is -2.03. The summed E-state index contributed by atoms with van der Waals surface area (Å²) in [6, 6.07) is 7.13. The van der Waals surface area contributed by atoms with Crippen molar-refractivity contribution < 1.29 is 25.2 Å². The van der Waals surface area contributed by atoms with Gasteiger partial charge in [-0.3, -0.25) is 0 Å². The fourth-order valence-corrected chi connectivity index (χ4v) is 3.75. The molecule has 0 aliphatic carbocycles. The molecule has 30 heavy (non-hydrogen) atoms. The van der Waals surface area contributed by atoms with Gasteiger partial charge < -0.3 is 25.2 Å². The van der Waals surface area contributed by atoms with Crippen molar-refractivity contribution >= 4 is 0 Å². The first-order valence-corrected chi connectivity index (χ1v) is 10.9. The predicted octanol–water partition coefficient (Wildman–Crippen LogP) is 5.32. The average molecular weight is 417 g/mol. The van der Waals surface area contributed by atoms with E-state index in [4.69, 9.17) is 4.74 Å². The summed E-state index contributed by atoms with van der Waals surface area (Å²) in [6.45, 7) is 6.09. The zero-order valence-electron chi connectivity index (χ0n) is 18.4. The zero-order chi connectivity index (χ0) is 22.1. The van der Waals surface area contributed by atoms with Crippen LogP contribution in [0.2, 0.25) is 0 Å². The van der Waals surface area contributed by atoms with Gasteiger partial charge in [0, 0.05) is 16.7 Å². The number of ether oxygens (including phenoxy) is 1. The molecule has 4 N–H and O–H groups in total. The number of hydrogen-bond acceptors (Lipinski definition) is 5. The first-order chi connectivity index (χ1) is 14.4. The number of rotatable bonds is 12. The molecule has 5 heteroatoms. The zero-order valence-corrected chi connectivity index (χ0v) is 18.4. The second kappa shape index (κ2) is 11.9. The molecule has 0 heterocycles. The van der Waals surface area contributed by atoms with Crippen molar-refractivity contribution in [3.63, 3.8) is 0 Å². The molecule has 0 saturated heterocycles. The van der Waals surface area contributed by atoms with E-state index in [1.54, 1.807) is 19.1 Å². The van der Waals surface area contributed by atoms with Gasteiger partial charge in [-0.25, -0.2) is 0 Å². The number of aliphatic hydroxyl groups is 2. The predicted molar refractivity (Wildman–Crippen MR) is 118 cm³/mol. The second-order valence-corrected chi connectivity index (χ2v) is 8.15. The minimum absolute atomic E-state index is 0.0752. The van der Waals surface area contributed by atoms with E-state index in [2.05, 4.69) is 6.92 Å². The van der Waals surface area contributed by atoms with Gasteiger partial charge in [0.2, 0.25) is 0 Å². The Kier molecular flexibility index (Phi) is 9.63. The van der Waals surface area contributed by atoms with Gasteiger partial charge in [0.25, 0.3) is 0 Å². The molecule has 0 amide bonds. The molecule has 2 rings (SSSR count). The molecule has 0 aromatic heterocycles. The highest BCUT2D eigenvalue weighted by Crippen LogP contribution is 2.33. The van der Waals surface area contributed by atoms with E-state index in [0.29, 0.717) is 34.2 Å². The van der Waals surface area contributed by atoms with E-state index in [0.717, 1.165) is 18.4 Å². The van der Waals surface area contributed by atoms with E-state index >= 15 is 0 Å². The van der Waals surface area contributed by atoms with Gasteiger partial charge in [0.1, 0.15) is 11.5 Å². The third-order valence-electron chi connectivity index (χ3n) is 5.44. The van der Waals surface area contributed by atoms with Gasteiger partial charge in [0.05, 0.1) is 25.9 Å². The minimum Gasteiger partial charge on any atom is -0.507 e. The molecular formula is C25H36O5. The Morgan fingerprint density at radius 3 is 2.20 bits per heavy atom. The van der Waals surface area contributed by atoms with Crippen LogP contribution in [0, 0.1) is 13.8 Å². The lowest BCUT2D eigenvalue weighted by Gasteiger charge is -2.17. The molecule has 0 aliphatic rings. The van der Waals surface area contributed by atoms with Crippen LogP contribution in [0.5, 0.6) is 11.5 Å². The molecular weight excluding hydrogens is 380 g/mol. The van der Waals surface area contributed by atoms with E-state index in [1.165, 1.54) is 19.3 Å². The van der Waals surface area contributed by atoms with Crippen molar-refractivity contribution in [2.75, 3.05) is 0 Å². The number of aromatic hydroxyl groups is 2. The summed E-state index contributed by atoms with van der Waals surface area (Å²) in [4.78, 5) is 0. The number of aliphatic hydroxyl groups excluding tert-OH is 2. The van der Waals surface area contributed by atoms with E-state index in [9.17, 15) is 20.4 Å². The van der Waals surface area contributed by atoms with Crippen LogP contribution in [0.25, 0.3) is 0 Å². The molecule has 0 unspecified atom stereocenters. The van der Waals surface area contributed by atoms with Crippen LogP contribution in [0.4, 0.5) is 0 Å².